The summed E-state index contributed by atoms with van der Waals surface area (Å²) >= 11 is 0. The van der Waals surface area contributed by atoms with Gasteiger partial charge in [-0.2, -0.15) is 5.26 Å². The van der Waals surface area contributed by atoms with E-state index in [0.29, 0.717) is 29.4 Å². The minimum Gasteiger partial charge on any atom is -0.490 e. The van der Waals surface area contributed by atoms with Crippen molar-refractivity contribution >= 4 is 23.6 Å². The zero-order chi connectivity index (χ0) is 20.5. The number of aryl methyl sites for hydroxylation is 1. The van der Waals surface area contributed by atoms with Crippen LogP contribution < -0.4 is 20.5 Å². The molecule has 0 aliphatic rings. The summed E-state index contributed by atoms with van der Waals surface area (Å²) in [7, 11) is 0. The topological polar surface area (TPSA) is 114 Å². The maximum atomic E-state index is 12.1. The van der Waals surface area contributed by atoms with E-state index in [9.17, 15) is 9.59 Å². The first-order valence-corrected chi connectivity index (χ1v) is 8.60. The van der Waals surface area contributed by atoms with Gasteiger partial charge >= 0.3 is 0 Å². The number of carbonyl (C=O) groups is 2. The molecule has 2 rings (SSSR count). The lowest BCUT2D eigenvalue weighted by Crippen LogP contribution is -2.20. The normalized spacial score (nSPS) is 10.7. The zero-order valence-electron chi connectivity index (χ0n) is 15.7. The Bertz CT molecular complexity index is 928. The Kier molecular flexibility index (Phi) is 7.17. The minimum absolute atomic E-state index is 0.173. The number of hydrogen-bond acceptors (Lipinski definition) is 5. The number of rotatable bonds is 8. The standard InChI is InChI=1S/C21H21N3O4/c1-3-27-19-11-15(10-16(12-22)21(23)26)6-9-18(19)28-13-20(25)24-17-7-4-14(2)5-8-17/h4-11H,3,13H2,1-2H3,(H2,23,26)(H,24,25)/b16-10-. The van der Waals surface area contributed by atoms with Gasteiger partial charge < -0.3 is 20.5 Å². The molecule has 0 radical (unpaired) electrons. The van der Waals surface area contributed by atoms with Crippen LogP contribution in [0.5, 0.6) is 11.5 Å². The molecule has 0 atom stereocenters. The molecule has 2 amide bonds. The zero-order valence-corrected chi connectivity index (χ0v) is 15.7. The fourth-order valence-corrected chi connectivity index (χ4v) is 2.30. The van der Waals surface area contributed by atoms with E-state index in [0.717, 1.165) is 5.56 Å². The maximum Gasteiger partial charge on any atom is 0.262 e. The summed E-state index contributed by atoms with van der Waals surface area (Å²) in [4.78, 5) is 23.3. The number of nitrogens with two attached hydrogens (primary N) is 1. The van der Waals surface area contributed by atoms with E-state index in [1.54, 1.807) is 31.2 Å². The molecular weight excluding hydrogens is 358 g/mol. The Morgan fingerprint density at radius 2 is 1.86 bits per heavy atom. The van der Waals surface area contributed by atoms with E-state index in [1.807, 2.05) is 31.2 Å². The molecule has 28 heavy (non-hydrogen) atoms. The molecule has 0 spiro atoms. The molecule has 0 fully saturated rings. The van der Waals surface area contributed by atoms with Gasteiger partial charge in [-0.1, -0.05) is 23.8 Å². The molecule has 0 unspecified atom stereocenters. The van der Waals surface area contributed by atoms with Gasteiger partial charge in [-0.15, -0.1) is 0 Å². The van der Waals surface area contributed by atoms with Crippen molar-refractivity contribution < 1.29 is 19.1 Å². The number of amides is 2. The molecule has 7 heteroatoms. The quantitative estimate of drug-likeness (QED) is 0.541. The second kappa shape index (κ2) is 9.78. The van der Waals surface area contributed by atoms with Crippen molar-refractivity contribution in [2.45, 2.75) is 13.8 Å². The predicted molar refractivity (Wildman–Crippen MR) is 106 cm³/mol. The third-order valence-electron chi connectivity index (χ3n) is 3.66. The summed E-state index contributed by atoms with van der Waals surface area (Å²) < 4.78 is 11.1. The number of benzene rings is 2. The SMILES string of the molecule is CCOc1cc(/C=C(/C#N)C(N)=O)ccc1OCC(=O)Nc1ccc(C)cc1. The van der Waals surface area contributed by atoms with Crippen LogP contribution in [0.2, 0.25) is 0 Å². The van der Waals surface area contributed by atoms with Gasteiger partial charge in [0, 0.05) is 5.69 Å². The molecule has 2 aromatic carbocycles. The number of nitriles is 1. The Labute approximate surface area is 163 Å². The number of carbonyl (C=O) groups excluding carboxylic acids is 2. The summed E-state index contributed by atoms with van der Waals surface area (Å²) in [6.45, 7) is 3.94. The predicted octanol–water partition coefficient (Wildman–Crippen LogP) is 2.80. The highest BCUT2D eigenvalue weighted by atomic mass is 16.5. The van der Waals surface area contributed by atoms with Crippen LogP contribution in [0.4, 0.5) is 5.69 Å². The molecule has 0 heterocycles. The monoisotopic (exact) mass is 379 g/mol. The lowest BCUT2D eigenvalue weighted by molar-refractivity contribution is -0.118. The molecule has 0 saturated carbocycles. The van der Waals surface area contributed by atoms with Gasteiger partial charge in [0.2, 0.25) is 0 Å². The summed E-state index contributed by atoms with van der Waals surface area (Å²) in [5.41, 5.74) is 7.30. The number of hydrogen-bond donors (Lipinski definition) is 2. The average Bonchev–Trinajstić information content (AvgIpc) is 2.67. The van der Waals surface area contributed by atoms with E-state index in [-0.39, 0.29) is 18.1 Å². The Hall–Kier alpha value is -3.79. The smallest absolute Gasteiger partial charge is 0.262 e. The Balaban J connectivity index is 2.09. The summed E-state index contributed by atoms with van der Waals surface area (Å²) in [6, 6.07) is 14.0. The van der Waals surface area contributed by atoms with Crippen LogP contribution in [0.25, 0.3) is 6.08 Å². The molecule has 0 aliphatic carbocycles. The van der Waals surface area contributed by atoms with Crippen molar-refractivity contribution in [3.8, 4) is 17.6 Å². The second-order valence-electron chi connectivity index (χ2n) is 5.88. The second-order valence-corrected chi connectivity index (χ2v) is 5.88. The fourth-order valence-electron chi connectivity index (χ4n) is 2.30. The summed E-state index contributed by atoms with van der Waals surface area (Å²) in [6.07, 6.45) is 1.36. The van der Waals surface area contributed by atoms with Crippen molar-refractivity contribution in [1.29, 1.82) is 5.26 Å². The van der Waals surface area contributed by atoms with Crippen LogP contribution >= 0.6 is 0 Å². The van der Waals surface area contributed by atoms with Crippen LogP contribution in [0, 0.1) is 18.3 Å². The van der Waals surface area contributed by atoms with Crippen molar-refractivity contribution in [2.24, 2.45) is 5.73 Å². The van der Waals surface area contributed by atoms with Gasteiger partial charge in [0.15, 0.2) is 18.1 Å². The highest BCUT2D eigenvalue weighted by molar-refractivity contribution is 6.00. The van der Waals surface area contributed by atoms with E-state index < -0.39 is 5.91 Å². The molecule has 0 aliphatic heterocycles. The van der Waals surface area contributed by atoms with Gasteiger partial charge in [-0.3, -0.25) is 9.59 Å². The van der Waals surface area contributed by atoms with Crippen LogP contribution in [0.15, 0.2) is 48.0 Å². The number of anilines is 1. The van der Waals surface area contributed by atoms with E-state index in [2.05, 4.69) is 5.32 Å². The van der Waals surface area contributed by atoms with Gasteiger partial charge in [-0.25, -0.2) is 0 Å². The van der Waals surface area contributed by atoms with E-state index in [4.69, 9.17) is 20.5 Å². The van der Waals surface area contributed by atoms with Gasteiger partial charge in [0.05, 0.1) is 6.61 Å². The number of primary amides is 1. The molecule has 0 bridgehead atoms. The molecule has 0 aromatic heterocycles. The molecule has 2 aromatic rings. The van der Waals surface area contributed by atoms with Crippen molar-refractivity contribution in [3.05, 3.63) is 59.2 Å². The van der Waals surface area contributed by atoms with Crippen molar-refractivity contribution in [2.75, 3.05) is 18.5 Å². The van der Waals surface area contributed by atoms with Crippen molar-refractivity contribution in [1.82, 2.24) is 0 Å². The summed E-state index contributed by atoms with van der Waals surface area (Å²) in [5, 5.41) is 11.7. The van der Waals surface area contributed by atoms with Crippen LogP contribution in [0.3, 0.4) is 0 Å². The molecule has 3 N–H and O–H groups in total. The largest absolute Gasteiger partial charge is 0.490 e. The van der Waals surface area contributed by atoms with Crippen molar-refractivity contribution in [3.63, 3.8) is 0 Å². The Morgan fingerprint density at radius 1 is 1.14 bits per heavy atom. The van der Waals surface area contributed by atoms with E-state index >= 15 is 0 Å². The fraction of sp³-hybridized carbons (Fsp3) is 0.190. The lowest BCUT2D eigenvalue weighted by atomic mass is 10.1. The van der Waals surface area contributed by atoms with Gasteiger partial charge in [0.1, 0.15) is 11.6 Å². The highest BCUT2D eigenvalue weighted by Crippen LogP contribution is 2.29. The molecule has 144 valence electrons. The first-order chi connectivity index (χ1) is 13.4. The number of nitrogens with one attached hydrogen (secondary N) is 1. The average molecular weight is 379 g/mol. The Morgan fingerprint density at radius 3 is 2.46 bits per heavy atom. The summed E-state index contributed by atoms with van der Waals surface area (Å²) in [5.74, 6) is -0.360. The van der Waals surface area contributed by atoms with Crippen LogP contribution in [-0.2, 0) is 9.59 Å². The van der Waals surface area contributed by atoms with Crippen LogP contribution in [0.1, 0.15) is 18.1 Å². The van der Waals surface area contributed by atoms with Gasteiger partial charge in [0.25, 0.3) is 11.8 Å². The third kappa shape index (κ3) is 5.88. The van der Waals surface area contributed by atoms with Crippen LogP contribution in [-0.4, -0.2) is 25.0 Å². The molecule has 0 saturated heterocycles. The third-order valence-corrected chi connectivity index (χ3v) is 3.66. The lowest BCUT2D eigenvalue weighted by Gasteiger charge is -2.13. The minimum atomic E-state index is -0.812. The highest BCUT2D eigenvalue weighted by Gasteiger charge is 2.11. The molecule has 7 nitrogen and oxygen atoms in total. The number of nitrogens with zero attached hydrogens (tertiary/aromatic N) is 1. The molecular formula is C21H21N3O4. The van der Waals surface area contributed by atoms with Gasteiger partial charge in [-0.05, 0) is 49.8 Å². The number of ether oxygens (including phenoxy) is 2. The first kappa shape index (κ1) is 20.5. The maximum absolute atomic E-state index is 12.1. The van der Waals surface area contributed by atoms with E-state index in [1.165, 1.54) is 6.08 Å². The first-order valence-electron chi connectivity index (χ1n) is 8.60.